The van der Waals surface area contributed by atoms with E-state index in [0.29, 0.717) is 13.2 Å². The van der Waals surface area contributed by atoms with Gasteiger partial charge in [-0.3, -0.25) is 0 Å². The van der Waals surface area contributed by atoms with Crippen LogP contribution in [0.4, 0.5) is 4.79 Å². The maximum atomic E-state index is 12.4. The van der Waals surface area contributed by atoms with Crippen LogP contribution in [-0.2, 0) is 4.74 Å². The standard InChI is InChI=1S/C14H26N2O2/c1-12(2)13-4-3-6-15(7-5-13)14(17)16-8-10-18-11-9-16/h12-13H,3-11H2,1-2H3. The molecule has 4 nitrogen and oxygen atoms in total. The Morgan fingerprint density at radius 1 is 1.06 bits per heavy atom. The molecule has 2 aliphatic heterocycles. The van der Waals surface area contributed by atoms with Gasteiger partial charge in [-0.15, -0.1) is 0 Å². The Hall–Kier alpha value is -0.770. The Balaban J connectivity index is 1.86. The molecule has 2 heterocycles. The van der Waals surface area contributed by atoms with E-state index in [1.54, 1.807) is 0 Å². The van der Waals surface area contributed by atoms with Crippen molar-refractivity contribution in [3.63, 3.8) is 0 Å². The van der Waals surface area contributed by atoms with Gasteiger partial charge in [-0.2, -0.15) is 0 Å². The van der Waals surface area contributed by atoms with Gasteiger partial charge in [0.15, 0.2) is 0 Å². The fourth-order valence-corrected chi connectivity index (χ4v) is 2.93. The van der Waals surface area contributed by atoms with Crippen LogP contribution in [0.5, 0.6) is 0 Å². The topological polar surface area (TPSA) is 32.8 Å². The van der Waals surface area contributed by atoms with E-state index in [-0.39, 0.29) is 6.03 Å². The zero-order valence-corrected chi connectivity index (χ0v) is 11.7. The third-order valence-electron chi connectivity index (χ3n) is 4.27. The zero-order chi connectivity index (χ0) is 13.0. The number of morpholine rings is 1. The molecule has 0 N–H and O–H groups in total. The number of ether oxygens (including phenoxy) is 1. The predicted molar refractivity (Wildman–Crippen MR) is 71.5 cm³/mol. The fourth-order valence-electron chi connectivity index (χ4n) is 2.93. The molecule has 0 bridgehead atoms. The SMILES string of the molecule is CC(C)C1CCCN(C(=O)N2CCOCC2)CC1. The summed E-state index contributed by atoms with van der Waals surface area (Å²) in [6, 6.07) is 0.225. The van der Waals surface area contributed by atoms with Crippen molar-refractivity contribution >= 4 is 6.03 Å². The lowest BCUT2D eigenvalue weighted by Gasteiger charge is -2.32. The lowest BCUT2D eigenvalue weighted by molar-refractivity contribution is 0.0434. The van der Waals surface area contributed by atoms with Crippen molar-refractivity contribution in [1.82, 2.24) is 9.80 Å². The molecule has 1 atom stereocenters. The number of likely N-dealkylation sites (tertiary alicyclic amines) is 1. The first-order chi connectivity index (χ1) is 8.68. The van der Waals surface area contributed by atoms with Crippen LogP contribution in [-0.4, -0.2) is 55.2 Å². The highest BCUT2D eigenvalue weighted by Crippen LogP contribution is 2.25. The Labute approximate surface area is 110 Å². The number of rotatable bonds is 1. The first-order valence-corrected chi connectivity index (χ1v) is 7.30. The summed E-state index contributed by atoms with van der Waals surface area (Å²) in [5, 5.41) is 0. The van der Waals surface area contributed by atoms with Gasteiger partial charge in [0.05, 0.1) is 13.2 Å². The molecule has 0 aromatic carbocycles. The Bertz CT molecular complexity index is 275. The van der Waals surface area contributed by atoms with Crippen LogP contribution in [0.2, 0.25) is 0 Å². The number of hydrogen-bond acceptors (Lipinski definition) is 2. The summed E-state index contributed by atoms with van der Waals surface area (Å²) in [5.41, 5.74) is 0. The lowest BCUT2D eigenvalue weighted by Crippen LogP contribution is -2.48. The molecule has 18 heavy (non-hydrogen) atoms. The van der Waals surface area contributed by atoms with Crippen molar-refractivity contribution in [2.75, 3.05) is 39.4 Å². The van der Waals surface area contributed by atoms with Gasteiger partial charge in [0.2, 0.25) is 0 Å². The van der Waals surface area contributed by atoms with Crippen LogP contribution in [0.25, 0.3) is 0 Å². The van der Waals surface area contributed by atoms with E-state index in [4.69, 9.17) is 4.74 Å². The second-order valence-electron chi connectivity index (χ2n) is 5.80. The summed E-state index contributed by atoms with van der Waals surface area (Å²) in [7, 11) is 0. The van der Waals surface area contributed by atoms with Crippen molar-refractivity contribution in [3.05, 3.63) is 0 Å². The van der Waals surface area contributed by atoms with Gasteiger partial charge in [0.25, 0.3) is 0 Å². The molecule has 4 heteroatoms. The van der Waals surface area contributed by atoms with E-state index < -0.39 is 0 Å². The molecule has 2 fully saturated rings. The average Bonchev–Trinajstić information content (AvgIpc) is 2.64. The average molecular weight is 254 g/mol. The molecule has 104 valence electrons. The van der Waals surface area contributed by atoms with E-state index in [2.05, 4.69) is 13.8 Å². The fraction of sp³-hybridized carbons (Fsp3) is 0.929. The van der Waals surface area contributed by atoms with Gasteiger partial charge in [-0.25, -0.2) is 4.79 Å². The number of carbonyl (C=O) groups is 1. The molecule has 2 rings (SSSR count). The summed E-state index contributed by atoms with van der Waals surface area (Å²) in [6.45, 7) is 9.33. The van der Waals surface area contributed by atoms with Crippen LogP contribution < -0.4 is 0 Å². The van der Waals surface area contributed by atoms with Gasteiger partial charge in [-0.1, -0.05) is 13.8 Å². The maximum absolute atomic E-state index is 12.4. The van der Waals surface area contributed by atoms with Crippen LogP contribution in [0.3, 0.4) is 0 Å². The minimum atomic E-state index is 0.225. The molecule has 2 aliphatic rings. The monoisotopic (exact) mass is 254 g/mol. The Kier molecular flexibility index (Phi) is 4.87. The van der Waals surface area contributed by atoms with Gasteiger partial charge >= 0.3 is 6.03 Å². The van der Waals surface area contributed by atoms with Crippen LogP contribution >= 0.6 is 0 Å². The molecule has 0 spiro atoms. The summed E-state index contributed by atoms with van der Waals surface area (Å²) >= 11 is 0. The molecule has 1 unspecified atom stereocenters. The quantitative estimate of drug-likeness (QED) is 0.718. The summed E-state index contributed by atoms with van der Waals surface area (Å²) in [5.74, 6) is 1.52. The predicted octanol–water partition coefficient (Wildman–Crippen LogP) is 2.20. The summed E-state index contributed by atoms with van der Waals surface area (Å²) in [4.78, 5) is 16.4. The Morgan fingerprint density at radius 2 is 1.72 bits per heavy atom. The molecule has 0 radical (unpaired) electrons. The number of urea groups is 1. The minimum Gasteiger partial charge on any atom is -0.378 e. The van der Waals surface area contributed by atoms with Crippen LogP contribution in [0.1, 0.15) is 33.1 Å². The zero-order valence-electron chi connectivity index (χ0n) is 11.7. The summed E-state index contributed by atoms with van der Waals surface area (Å²) in [6.07, 6.45) is 3.58. The van der Waals surface area contributed by atoms with E-state index in [9.17, 15) is 4.79 Å². The van der Waals surface area contributed by atoms with Crippen molar-refractivity contribution in [2.24, 2.45) is 11.8 Å². The van der Waals surface area contributed by atoms with Crippen molar-refractivity contribution in [3.8, 4) is 0 Å². The number of carbonyl (C=O) groups excluding carboxylic acids is 1. The molecule has 0 saturated carbocycles. The molecule has 0 aromatic heterocycles. The highest BCUT2D eigenvalue weighted by Gasteiger charge is 2.26. The first-order valence-electron chi connectivity index (χ1n) is 7.30. The minimum absolute atomic E-state index is 0.225. The van der Waals surface area contributed by atoms with Crippen LogP contribution in [0, 0.1) is 11.8 Å². The maximum Gasteiger partial charge on any atom is 0.320 e. The van der Waals surface area contributed by atoms with E-state index in [1.807, 2.05) is 9.80 Å². The van der Waals surface area contributed by atoms with Crippen molar-refractivity contribution in [2.45, 2.75) is 33.1 Å². The summed E-state index contributed by atoms with van der Waals surface area (Å²) < 4.78 is 5.30. The van der Waals surface area contributed by atoms with Crippen molar-refractivity contribution in [1.29, 1.82) is 0 Å². The van der Waals surface area contributed by atoms with Gasteiger partial charge < -0.3 is 14.5 Å². The molecular weight excluding hydrogens is 228 g/mol. The van der Waals surface area contributed by atoms with Gasteiger partial charge in [-0.05, 0) is 31.1 Å². The third-order valence-corrected chi connectivity index (χ3v) is 4.27. The highest BCUT2D eigenvalue weighted by atomic mass is 16.5. The number of nitrogens with zero attached hydrogens (tertiary/aromatic N) is 2. The van der Waals surface area contributed by atoms with Gasteiger partial charge in [0, 0.05) is 26.2 Å². The smallest absolute Gasteiger partial charge is 0.320 e. The second-order valence-corrected chi connectivity index (χ2v) is 5.80. The highest BCUT2D eigenvalue weighted by molar-refractivity contribution is 5.74. The number of amides is 2. The molecular formula is C14H26N2O2. The Morgan fingerprint density at radius 3 is 2.39 bits per heavy atom. The molecule has 2 saturated heterocycles. The van der Waals surface area contributed by atoms with Gasteiger partial charge in [0.1, 0.15) is 0 Å². The molecule has 0 aromatic rings. The van der Waals surface area contributed by atoms with E-state index >= 15 is 0 Å². The molecule has 0 aliphatic carbocycles. The van der Waals surface area contributed by atoms with E-state index in [1.165, 1.54) is 6.42 Å². The molecule has 2 amide bonds. The first kappa shape index (κ1) is 13.7. The number of hydrogen-bond donors (Lipinski definition) is 0. The van der Waals surface area contributed by atoms with Crippen molar-refractivity contribution < 1.29 is 9.53 Å². The second kappa shape index (κ2) is 6.41. The third kappa shape index (κ3) is 3.37. The lowest BCUT2D eigenvalue weighted by atomic mass is 9.89. The van der Waals surface area contributed by atoms with Crippen LogP contribution in [0.15, 0.2) is 0 Å². The normalized spacial score (nSPS) is 26.3. The largest absolute Gasteiger partial charge is 0.378 e. The van der Waals surface area contributed by atoms with E-state index in [0.717, 1.165) is 50.9 Å².